The Morgan fingerprint density at radius 1 is 1.14 bits per heavy atom. The number of amides is 3. The zero-order valence-corrected chi connectivity index (χ0v) is 17.4. The number of hydrogen-bond acceptors (Lipinski definition) is 5. The number of urea groups is 1. The number of carbonyl (C=O) groups is 2. The van der Waals surface area contributed by atoms with Gasteiger partial charge in [-0.05, 0) is 42.8 Å². The monoisotopic (exact) mass is 430 g/mol. The summed E-state index contributed by atoms with van der Waals surface area (Å²) in [7, 11) is 1.51. The SMILES string of the molecule is COc1ccc(Cl)cc1NC(=O)Cc1csc(NC(=O)Nc2cccc(C)c2)n1. The second kappa shape index (κ2) is 9.40. The molecule has 0 saturated carbocycles. The molecular weight excluding hydrogens is 412 g/mol. The van der Waals surface area contributed by atoms with Crippen molar-refractivity contribution in [1.29, 1.82) is 0 Å². The Balaban J connectivity index is 1.56. The lowest BCUT2D eigenvalue weighted by atomic mass is 10.2. The molecule has 0 aliphatic carbocycles. The summed E-state index contributed by atoms with van der Waals surface area (Å²) >= 11 is 7.21. The Morgan fingerprint density at radius 3 is 2.72 bits per heavy atom. The third-order valence-electron chi connectivity index (χ3n) is 3.83. The van der Waals surface area contributed by atoms with E-state index in [1.807, 2.05) is 25.1 Å². The first kappa shape index (κ1) is 20.6. The molecule has 7 nitrogen and oxygen atoms in total. The Hall–Kier alpha value is -3.10. The number of ether oxygens (including phenoxy) is 1. The summed E-state index contributed by atoms with van der Waals surface area (Å²) in [6.45, 7) is 1.94. The molecule has 3 amide bonds. The van der Waals surface area contributed by atoms with Crippen LogP contribution in [0.25, 0.3) is 0 Å². The fourth-order valence-corrected chi connectivity index (χ4v) is 3.44. The van der Waals surface area contributed by atoms with Gasteiger partial charge in [0, 0.05) is 16.1 Å². The van der Waals surface area contributed by atoms with Crippen LogP contribution in [0.3, 0.4) is 0 Å². The van der Waals surface area contributed by atoms with Gasteiger partial charge in [-0.1, -0.05) is 23.7 Å². The first-order chi connectivity index (χ1) is 13.9. The largest absolute Gasteiger partial charge is 0.495 e. The topological polar surface area (TPSA) is 92.4 Å². The van der Waals surface area contributed by atoms with Gasteiger partial charge in [0.15, 0.2) is 5.13 Å². The molecule has 2 aromatic carbocycles. The average Bonchev–Trinajstić information content (AvgIpc) is 3.08. The minimum Gasteiger partial charge on any atom is -0.495 e. The number of carbonyl (C=O) groups excluding carboxylic acids is 2. The molecule has 0 radical (unpaired) electrons. The Bertz CT molecular complexity index is 1040. The summed E-state index contributed by atoms with van der Waals surface area (Å²) in [6, 6.07) is 12.0. The molecule has 29 heavy (non-hydrogen) atoms. The summed E-state index contributed by atoms with van der Waals surface area (Å²) in [5, 5.41) is 10.8. The molecule has 0 bridgehead atoms. The van der Waals surface area contributed by atoms with Gasteiger partial charge in [0.2, 0.25) is 5.91 Å². The first-order valence-electron chi connectivity index (χ1n) is 8.65. The number of methoxy groups -OCH3 is 1. The lowest BCUT2D eigenvalue weighted by molar-refractivity contribution is -0.115. The van der Waals surface area contributed by atoms with Crippen LogP contribution in [-0.2, 0) is 11.2 Å². The summed E-state index contributed by atoms with van der Waals surface area (Å²) in [6.07, 6.45) is 0.0490. The summed E-state index contributed by atoms with van der Waals surface area (Å²) < 4.78 is 5.21. The molecule has 3 aromatic rings. The van der Waals surface area contributed by atoms with Gasteiger partial charge in [0.25, 0.3) is 0 Å². The number of hydrogen-bond donors (Lipinski definition) is 3. The Kier molecular flexibility index (Phi) is 6.69. The number of rotatable bonds is 6. The van der Waals surface area contributed by atoms with E-state index in [4.69, 9.17) is 16.3 Å². The molecule has 0 saturated heterocycles. The van der Waals surface area contributed by atoms with E-state index in [0.717, 1.165) is 5.56 Å². The second-order valence-electron chi connectivity index (χ2n) is 6.16. The third-order valence-corrected chi connectivity index (χ3v) is 4.87. The van der Waals surface area contributed by atoms with Crippen LogP contribution in [0.5, 0.6) is 5.75 Å². The van der Waals surface area contributed by atoms with Crippen molar-refractivity contribution in [3.05, 3.63) is 64.1 Å². The lowest BCUT2D eigenvalue weighted by Gasteiger charge is -2.10. The molecule has 3 N–H and O–H groups in total. The van der Waals surface area contributed by atoms with Gasteiger partial charge in [0.05, 0.1) is 24.9 Å². The molecule has 1 aromatic heterocycles. The maximum absolute atomic E-state index is 12.3. The van der Waals surface area contributed by atoms with Crippen LogP contribution in [-0.4, -0.2) is 24.0 Å². The quantitative estimate of drug-likeness (QED) is 0.516. The number of nitrogens with zero attached hydrogens (tertiary/aromatic N) is 1. The molecule has 3 rings (SSSR count). The van der Waals surface area contributed by atoms with Crippen LogP contribution >= 0.6 is 22.9 Å². The third kappa shape index (κ3) is 5.94. The molecule has 0 unspecified atom stereocenters. The average molecular weight is 431 g/mol. The van der Waals surface area contributed by atoms with Crippen LogP contribution in [0.4, 0.5) is 21.3 Å². The summed E-state index contributed by atoms with van der Waals surface area (Å²) in [5.74, 6) is 0.239. The van der Waals surface area contributed by atoms with Gasteiger partial charge < -0.3 is 15.4 Å². The minimum absolute atomic E-state index is 0.0490. The molecule has 150 valence electrons. The molecule has 0 aliphatic heterocycles. The van der Waals surface area contributed by atoms with Crippen molar-refractivity contribution >= 4 is 51.4 Å². The van der Waals surface area contributed by atoms with E-state index in [1.165, 1.54) is 18.4 Å². The maximum atomic E-state index is 12.3. The van der Waals surface area contributed by atoms with E-state index >= 15 is 0 Å². The van der Waals surface area contributed by atoms with Gasteiger partial charge in [-0.2, -0.15) is 0 Å². The number of thiazole rings is 1. The van der Waals surface area contributed by atoms with Gasteiger partial charge in [-0.15, -0.1) is 11.3 Å². The maximum Gasteiger partial charge on any atom is 0.325 e. The van der Waals surface area contributed by atoms with E-state index in [-0.39, 0.29) is 12.3 Å². The number of benzene rings is 2. The van der Waals surface area contributed by atoms with Crippen LogP contribution in [0.15, 0.2) is 47.8 Å². The fraction of sp³-hybridized carbons (Fsp3) is 0.150. The highest BCUT2D eigenvalue weighted by Crippen LogP contribution is 2.28. The molecule has 0 spiro atoms. The second-order valence-corrected chi connectivity index (χ2v) is 7.46. The van der Waals surface area contributed by atoms with Crippen LogP contribution in [0, 0.1) is 6.92 Å². The fourth-order valence-electron chi connectivity index (χ4n) is 2.56. The van der Waals surface area contributed by atoms with E-state index in [9.17, 15) is 9.59 Å². The molecule has 0 aliphatic rings. The van der Waals surface area contributed by atoms with E-state index in [1.54, 1.807) is 29.6 Å². The highest BCUT2D eigenvalue weighted by Gasteiger charge is 2.12. The van der Waals surface area contributed by atoms with Crippen molar-refractivity contribution in [1.82, 2.24) is 4.98 Å². The zero-order valence-electron chi connectivity index (χ0n) is 15.8. The van der Waals surface area contributed by atoms with Crippen LogP contribution in [0.2, 0.25) is 5.02 Å². The Labute approximate surface area is 177 Å². The standard InChI is InChI=1S/C20H19ClN4O3S/c1-12-4-3-5-14(8-12)22-19(27)25-20-23-15(11-29-20)10-18(26)24-16-9-13(21)6-7-17(16)28-2/h3-9,11H,10H2,1-2H3,(H,24,26)(H2,22,23,25,27). The number of nitrogens with one attached hydrogen (secondary N) is 3. The van der Waals surface area contributed by atoms with Gasteiger partial charge in [0.1, 0.15) is 5.75 Å². The van der Waals surface area contributed by atoms with Gasteiger partial charge in [-0.3, -0.25) is 10.1 Å². The van der Waals surface area contributed by atoms with Gasteiger partial charge in [-0.25, -0.2) is 9.78 Å². The highest BCUT2D eigenvalue weighted by molar-refractivity contribution is 7.14. The smallest absolute Gasteiger partial charge is 0.325 e. The molecule has 9 heteroatoms. The highest BCUT2D eigenvalue weighted by atomic mass is 35.5. The van der Waals surface area contributed by atoms with Crippen LogP contribution in [0.1, 0.15) is 11.3 Å². The predicted molar refractivity (Wildman–Crippen MR) is 116 cm³/mol. The molecule has 0 atom stereocenters. The number of halogens is 1. The van der Waals surface area contributed by atoms with Crippen molar-refractivity contribution in [3.8, 4) is 5.75 Å². The summed E-state index contributed by atoms with van der Waals surface area (Å²) in [5.41, 5.74) is 2.76. The number of anilines is 3. The van der Waals surface area contributed by atoms with Gasteiger partial charge >= 0.3 is 6.03 Å². The normalized spacial score (nSPS) is 10.3. The predicted octanol–water partition coefficient (Wildman–Crippen LogP) is 4.94. The lowest BCUT2D eigenvalue weighted by Crippen LogP contribution is -2.19. The minimum atomic E-state index is -0.399. The molecular formula is C20H19ClN4O3S. The molecule has 1 heterocycles. The van der Waals surface area contributed by atoms with E-state index < -0.39 is 6.03 Å². The number of aromatic nitrogens is 1. The summed E-state index contributed by atoms with van der Waals surface area (Å²) in [4.78, 5) is 28.7. The van der Waals surface area contributed by atoms with Crippen molar-refractivity contribution in [2.75, 3.05) is 23.1 Å². The van der Waals surface area contributed by atoms with Crippen molar-refractivity contribution < 1.29 is 14.3 Å². The van der Waals surface area contributed by atoms with Crippen molar-refractivity contribution in [2.24, 2.45) is 0 Å². The van der Waals surface area contributed by atoms with Crippen molar-refractivity contribution in [3.63, 3.8) is 0 Å². The van der Waals surface area contributed by atoms with Crippen LogP contribution < -0.4 is 20.7 Å². The zero-order chi connectivity index (χ0) is 20.8. The van der Waals surface area contributed by atoms with E-state index in [0.29, 0.717) is 33.0 Å². The van der Waals surface area contributed by atoms with Crippen molar-refractivity contribution in [2.45, 2.75) is 13.3 Å². The molecule has 0 fully saturated rings. The Morgan fingerprint density at radius 2 is 1.97 bits per heavy atom. The first-order valence-corrected chi connectivity index (χ1v) is 9.91. The number of aryl methyl sites for hydroxylation is 1. The van der Waals surface area contributed by atoms with E-state index in [2.05, 4.69) is 20.9 Å².